The van der Waals surface area contributed by atoms with E-state index in [1.807, 2.05) is 75.1 Å². The Bertz CT molecular complexity index is 1150. The van der Waals surface area contributed by atoms with E-state index >= 15 is 0 Å². The second-order valence-corrected chi connectivity index (χ2v) is 13.1. The summed E-state index contributed by atoms with van der Waals surface area (Å²) in [6, 6.07) is 17.0. The van der Waals surface area contributed by atoms with Crippen molar-refractivity contribution >= 4 is 39.7 Å². The average Bonchev–Trinajstić information content (AvgIpc) is 3.05. The molecule has 2 atom stereocenters. The van der Waals surface area contributed by atoms with Gasteiger partial charge < -0.3 is 18.8 Å². The van der Waals surface area contributed by atoms with Crippen molar-refractivity contribution in [2.45, 2.75) is 25.5 Å². The number of carbonyl (C=O) groups excluding carboxylic acids is 2. The first-order valence-corrected chi connectivity index (χ1v) is 13.6. The van der Waals surface area contributed by atoms with Crippen LogP contribution in [0.15, 0.2) is 54.6 Å². The summed E-state index contributed by atoms with van der Waals surface area (Å²) in [5, 5.41) is 1.76. The zero-order chi connectivity index (χ0) is 26.7. The number of alkyl halides is 3. The molecule has 1 unspecified atom stereocenters. The van der Waals surface area contributed by atoms with Crippen molar-refractivity contribution in [3.8, 4) is 5.75 Å². The molecule has 35 heavy (non-hydrogen) atoms. The summed E-state index contributed by atoms with van der Waals surface area (Å²) in [6.07, 6.45) is -0.897. The molecule has 0 spiro atoms. The van der Waals surface area contributed by atoms with Gasteiger partial charge in [-0.25, -0.2) is 18.0 Å². The quantitative estimate of drug-likeness (QED) is 0.247. The molecule has 0 bridgehead atoms. The first kappa shape index (κ1) is 28.5. The topological polar surface area (TPSA) is 119 Å². The Balaban J connectivity index is 0.000000466. The predicted octanol–water partition coefficient (Wildman–Crippen LogP) is 3.43. The summed E-state index contributed by atoms with van der Waals surface area (Å²) in [5.74, 6) is 0.231. The minimum Gasteiger partial charge on any atom is -0.741 e. The fourth-order valence-corrected chi connectivity index (χ4v) is 5.66. The summed E-state index contributed by atoms with van der Waals surface area (Å²) in [6.45, 7) is 5.88. The zero-order valence-electron chi connectivity index (χ0n) is 19.2. The molecule has 0 radical (unpaired) electrons. The molecule has 0 aromatic heterocycles. The molecule has 0 amide bonds. The largest absolute Gasteiger partial charge is 0.741 e. The smallest absolute Gasteiger partial charge is 0.485 e. The van der Waals surface area contributed by atoms with Gasteiger partial charge in [-0.1, -0.05) is 32.0 Å². The number of cyclic esters (lactones) is 1. The van der Waals surface area contributed by atoms with Crippen LogP contribution in [0.1, 0.15) is 13.8 Å². The second-order valence-electron chi connectivity index (χ2n) is 8.30. The van der Waals surface area contributed by atoms with Crippen LogP contribution in [0.4, 0.5) is 18.0 Å². The molecule has 13 heteroatoms. The summed E-state index contributed by atoms with van der Waals surface area (Å²) in [4.78, 5) is 25.5. The van der Waals surface area contributed by atoms with E-state index in [0.29, 0.717) is 5.75 Å². The van der Waals surface area contributed by atoms with Gasteiger partial charge >= 0.3 is 17.2 Å². The Hall–Kier alpha value is -2.69. The van der Waals surface area contributed by atoms with Crippen molar-refractivity contribution in [3.63, 3.8) is 0 Å². The molecule has 0 N–H and O–H groups in total. The Labute approximate surface area is 201 Å². The number of halogens is 3. The van der Waals surface area contributed by atoms with E-state index in [1.54, 1.807) is 7.11 Å². The molecule has 2 aromatic carbocycles. The number of benzene rings is 2. The van der Waals surface area contributed by atoms with Crippen LogP contribution in [0.25, 0.3) is 0 Å². The Morgan fingerprint density at radius 3 is 1.97 bits per heavy atom. The van der Waals surface area contributed by atoms with Crippen molar-refractivity contribution in [1.82, 2.24) is 0 Å². The van der Waals surface area contributed by atoms with Crippen molar-refractivity contribution in [1.29, 1.82) is 0 Å². The molecule has 2 aromatic rings. The van der Waals surface area contributed by atoms with E-state index in [1.165, 1.54) is 0 Å². The summed E-state index contributed by atoms with van der Waals surface area (Å²) >= 11 is 0. The third-order valence-corrected chi connectivity index (χ3v) is 9.30. The number of methoxy groups -OCH3 is 1. The van der Waals surface area contributed by atoms with Gasteiger partial charge in [-0.05, 0) is 36.4 Å². The van der Waals surface area contributed by atoms with Gasteiger partial charge in [-0.3, -0.25) is 0 Å². The maximum Gasteiger partial charge on any atom is 0.485 e. The van der Waals surface area contributed by atoms with Crippen molar-refractivity contribution in [3.05, 3.63) is 54.6 Å². The Kier molecular flexibility index (Phi) is 8.57. The number of hydrogen-bond donors (Lipinski definition) is 0. The van der Waals surface area contributed by atoms with Crippen LogP contribution in [0.2, 0.25) is 0 Å². The lowest BCUT2D eigenvalue weighted by molar-refractivity contribution is -0.144. The van der Waals surface area contributed by atoms with E-state index in [9.17, 15) is 22.8 Å². The van der Waals surface area contributed by atoms with Gasteiger partial charge in [-0.15, -0.1) is 0 Å². The Morgan fingerprint density at radius 1 is 1.09 bits per heavy atom. The molecule has 192 valence electrons. The highest BCUT2D eigenvalue weighted by Crippen LogP contribution is 2.55. The summed E-state index contributed by atoms with van der Waals surface area (Å²) in [7, 11) is -7.05. The molecule has 8 nitrogen and oxygen atoms in total. The van der Waals surface area contributed by atoms with Gasteiger partial charge in [0.1, 0.15) is 23.0 Å². The van der Waals surface area contributed by atoms with Crippen molar-refractivity contribution in [2.75, 3.05) is 20.4 Å². The maximum absolute atomic E-state index is 13.4. The summed E-state index contributed by atoms with van der Waals surface area (Å²) in [5.41, 5.74) is -6.57. The van der Waals surface area contributed by atoms with E-state index in [0.717, 1.165) is 10.6 Å². The lowest BCUT2D eigenvalue weighted by Crippen LogP contribution is -2.38. The first-order chi connectivity index (χ1) is 16.0. The molecule has 1 fully saturated rings. The predicted molar refractivity (Wildman–Crippen MR) is 122 cm³/mol. The van der Waals surface area contributed by atoms with Gasteiger partial charge in [0.15, 0.2) is 17.4 Å². The minimum atomic E-state index is -6.09. The fourth-order valence-electron chi connectivity index (χ4n) is 3.11. The van der Waals surface area contributed by atoms with Crippen LogP contribution < -0.4 is 15.3 Å². The van der Waals surface area contributed by atoms with E-state index in [-0.39, 0.29) is 12.3 Å². The minimum absolute atomic E-state index is 0.243. The number of esters is 1. The highest BCUT2D eigenvalue weighted by molar-refractivity contribution is 8.01. The number of rotatable bonds is 5. The van der Waals surface area contributed by atoms with E-state index in [2.05, 4.69) is 0 Å². The first-order valence-electron chi connectivity index (χ1n) is 10.0. The number of hydrogen-bond acceptors (Lipinski definition) is 8. The van der Waals surface area contributed by atoms with Crippen LogP contribution >= 0.6 is 7.26 Å². The molecule has 0 saturated carbocycles. The molecule has 1 saturated heterocycles. The van der Waals surface area contributed by atoms with Crippen LogP contribution in [0.3, 0.4) is 0 Å². The van der Waals surface area contributed by atoms with E-state index < -0.39 is 40.4 Å². The lowest BCUT2D eigenvalue weighted by atomic mass is 9.90. The number of carbonyl (C=O) groups is 2. The lowest BCUT2D eigenvalue weighted by Gasteiger charge is -2.25. The van der Waals surface area contributed by atoms with Crippen molar-refractivity contribution < 1.29 is 49.9 Å². The highest BCUT2D eigenvalue weighted by Gasteiger charge is 2.54. The fraction of sp³-hybridized carbons (Fsp3) is 0.364. The maximum atomic E-state index is 13.4. The van der Waals surface area contributed by atoms with Gasteiger partial charge in [0.25, 0.3) is 0 Å². The molecule has 1 heterocycles. The zero-order valence-corrected chi connectivity index (χ0v) is 20.9. The molecule has 0 aliphatic carbocycles. The van der Waals surface area contributed by atoms with Gasteiger partial charge in [0, 0.05) is 5.41 Å². The molecular weight excluding hydrogens is 512 g/mol. The van der Waals surface area contributed by atoms with Crippen LogP contribution in [0.5, 0.6) is 5.75 Å². The van der Waals surface area contributed by atoms with E-state index in [4.69, 9.17) is 27.2 Å². The molecule has 1 aliphatic heterocycles. The summed E-state index contributed by atoms with van der Waals surface area (Å²) < 4.78 is 75.0. The SMILES string of the molecule is COc1ccc([P+](C)(C(=O)O[C@H]2C(=O)OCC2(C)C)c2ccccc2)cc1.O=S(=O)([O-])C(F)(F)F. The third kappa shape index (κ3) is 6.50. The monoisotopic (exact) mass is 536 g/mol. The third-order valence-electron chi connectivity index (χ3n) is 5.24. The van der Waals surface area contributed by atoms with Crippen LogP contribution in [-0.2, 0) is 24.4 Å². The normalized spacial score (nSPS) is 19.0. The van der Waals surface area contributed by atoms with Gasteiger partial charge in [0.05, 0.1) is 13.8 Å². The van der Waals surface area contributed by atoms with Gasteiger partial charge in [-0.2, -0.15) is 13.2 Å². The molecule has 1 aliphatic rings. The second kappa shape index (κ2) is 10.5. The highest BCUT2D eigenvalue weighted by atomic mass is 32.2. The Morgan fingerprint density at radius 2 is 1.57 bits per heavy atom. The number of ether oxygens (including phenoxy) is 3. The van der Waals surface area contributed by atoms with Crippen LogP contribution in [-0.4, -0.2) is 56.6 Å². The molecule has 3 rings (SSSR count). The standard InChI is InChI=1S/C21H24O5P.CHF3O3S/c1-21(2)14-25-19(22)18(21)26-20(23)27(4,16-8-6-5-7-9-16)17-12-10-15(24-3)11-13-17;2-1(3,4)8(5,6)7/h5-13,18H,14H2,1-4H3;(H,5,6,7)/q+1;/p-1/t18-,27?;/m0./s1. The molecular formula is C22H24F3O8PS. The average molecular weight is 536 g/mol. The van der Waals surface area contributed by atoms with Crippen LogP contribution in [0, 0.1) is 5.41 Å². The van der Waals surface area contributed by atoms with Crippen molar-refractivity contribution in [2.24, 2.45) is 5.41 Å². The van der Waals surface area contributed by atoms with Gasteiger partial charge in [0.2, 0.25) is 6.10 Å².